The van der Waals surface area contributed by atoms with Crippen LogP contribution in [0.1, 0.15) is 19.3 Å². The van der Waals surface area contributed by atoms with Gasteiger partial charge in [-0.15, -0.1) is 0 Å². The predicted octanol–water partition coefficient (Wildman–Crippen LogP) is 2.95. The topological polar surface area (TPSA) is 24.9 Å². The molecule has 0 aliphatic heterocycles. The maximum Gasteiger partial charge on any atom is 0.152 e. The summed E-state index contributed by atoms with van der Waals surface area (Å²) in [6, 6.07) is 4.57. The third kappa shape index (κ3) is 1.38. The number of fused-ring (bicyclic) bond motifs is 1. The van der Waals surface area contributed by atoms with Crippen molar-refractivity contribution in [1.82, 2.24) is 4.98 Å². The van der Waals surface area contributed by atoms with E-state index in [-0.39, 0.29) is 0 Å². The predicted molar refractivity (Wildman–Crippen MR) is 57.5 cm³/mol. The lowest BCUT2D eigenvalue weighted by molar-refractivity contribution is 0.654. The lowest BCUT2D eigenvalue weighted by atomic mass is 10.1. The molecular formula is C11H13ClN2. The first-order valence-corrected chi connectivity index (χ1v) is 5.59. The fraction of sp³-hybridized carbons (Fsp3) is 0.545. The van der Waals surface area contributed by atoms with Gasteiger partial charge in [0, 0.05) is 12.2 Å². The molecule has 3 rings (SSSR count). The summed E-state index contributed by atoms with van der Waals surface area (Å²) >= 11 is 5.99. The van der Waals surface area contributed by atoms with E-state index in [9.17, 15) is 0 Å². The van der Waals surface area contributed by atoms with Crippen LogP contribution in [0.25, 0.3) is 0 Å². The molecule has 2 aliphatic rings. The Morgan fingerprint density at radius 1 is 1.43 bits per heavy atom. The van der Waals surface area contributed by atoms with Gasteiger partial charge in [-0.05, 0) is 43.2 Å². The molecular weight excluding hydrogens is 196 g/mol. The van der Waals surface area contributed by atoms with Gasteiger partial charge in [-0.25, -0.2) is 4.98 Å². The molecule has 2 aliphatic carbocycles. The van der Waals surface area contributed by atoms with Crippen molar-refractivity contribution in [2.24, 2.45) is 11.8 Å². The fourth-order valence-corrected chi connectivity index (χ4v) is 2.75. The first-order valence-electron chi connectivity index (χ1n) is 5.21. The van der Waals surface area contributed by atoms with Gasteiger partial charge in [-0.2, -0.15) is 0 Å². The number of pyridine rings is 1. The molecule has 1 unspecified atom stereocenters. The Hall–Kier alpha value is -0.760. The largest absolute Gasteiger partial charge is 0.380 e. The smallest absolute Gasteiger partial charge is 0.152 e. The van der Waals surface area contributed by atoms with Gasteiger partial charge < -0.3 is 5.32 Å². The van der Waals surface area contributed by atoms with Gasteiger partial charge in [0.15, 0.2) is 5.15 Å². The molecule has 2 saturated carbocycles. The number of hydrogen-bond donors (Lipinski definition) is 1. The van der Waals surface area contributed by atoms with E-state index >= 15 is 0 Å². The molecule has 3 atom stereocenters. The number of rotatable bonds is 2. The van der Waals surface area contributed by atoms with E-state index in [0.717, 1.165) is 17.5 Å². The molecule has 0 amide bonds. The van der Waals surface area contributed by atoms with E-state index in [0.29, 0.717) is 11.2 Å². The second kappa shape index (κ2) is 3.13. The van der Waals surface area contributed by atoms with Crippen LogP contribution in [-0.4, -0.2) is 11.0 Å². The van der Waals surface area contributed by atoms with E-state index in [4.69, 9.17) is 11.6 Å². The van der Waals surface area contributed by atoms with Crippen LogP contribution in [0.5, 0.6) is 0 Å². The van der Waals surface area contributed by atoms with Crippen molar-refractivity contribution in [3.8, 4) is 0 Å². The lowest BCUT2D eigenvalue weighted by Crippen LogP contribution is -2.19. The molecule has 14 heavy (non-hydrogen) atoms. The standard InChI is InChI=1S/C11H13ClN2/c12-11-10(2-1-5-13-11)14-9-4-3-7-6-8(7)9/h1-2,5,7-9,14H,3-4,6H2/t7-,8+,9?/m1/s1. The third-order valence-corrected chi connectivity index (χ3v) is 3.74. The average Bonchev–Trinajstić information content (AvgIpc) is 2.87. The Kier molecular flexibility index (Phi) is 1.91. The zero-order valence-electron chi connectivity index (χ0n) is 7.91. The Bertz CT molecular complexity index is 353. The maximum atomic E-state index is 5.99. The summed E-state index contributed by atoms with van der Waals surface area (Å²) in [5.74, 6) is 1.91. The molecule has 0 saturated heterocycles. The van der Waals surface area contributed by atoms with Crippen LogP contribution in [0.4, 0.5) is 5.69 Å². The van der Waals surface area contributed by atoms with Gasteiger partial charge in [0.25, 0.3) is 0 Å². The molecule has 2 fully saturated rings. The number of nitrogens with one attached hydrogen (secondary N) is 1. The second-order valence-corrected chi connectivity index (χ2v) is 4.69. The monoisotopic (exact) mass is 208 g/mol. The summed E-state index contributed by atoms with van der Waals surface area (Å²) in [5.41, 5.74) is 0.992. The Morgan fingerprint density at radius 3 is 3.00 bits per heavy atom. The highest BCUT2D eigenvalue weighted by Crippen LogP contribution is 2.52. The number of hydrogen-bond acceptors (Lipinski definition) is 2. The van der Waals surface area contributed by atoms with Crippen molar-refractivity contribution in [3.63, 3.8) is 0 Å². The van der Waals surface area contributed by atoms with Crippen molar-refractivity contribution >= 4 is 17.3 Å². The van der Waals surface area contributed by atoms with Crippen LogP contribution < -0.4 is 5.32 Å². The van der Waals surface area contributed by atoms with E-state index in [1.54, 1.807) is 6.20 Å². The molecule has 0 bridgehead atoms. The minimum atomic E-state index is 0.594. The highest BCUT2D eigenvalue weighted by Gasteiger charge is 2.47. The van der Waals surface area contributed by atoms with E-state index in [1.807, 2.05) is 12.1 Å². The Morgan fingerprint density at radius 2 is 2.36 bits per heavy atom. The Labute approximate surface area is 88.7 Å². The average molecular weight is 209 g/mol. The van der Waals surface area contributed by atoms with Gasteiger partial charge in [-0.1, -0.05) is 11.6 Å². The molecule has 74 valence electrons. The number of halogens is 1. The molecule has 3 heteroatoms. The van der Waals surface area contributed by atoms with Gasteiger partial charge >= 0.3 is 0 Å². The van der Waals surface area contributed by atoms with Crippen LogP contribution in [0.3, 0.4) is 0 Å². The van der Waals surface area contributed by atoms with Crippen molar-refractivity contribution < 1.29 is 0 Å². The molecule has 0 aromatic carbocycles. The Balaban J connectivity index is 1.74. The normalized spacial score (nSPS) is 33.9. The minimum absolute atomic E-state index is 0.594. The molecule has 2 nitrogen and oxygen atoms in total. The first-order chi connectivity index (χ1) is 6.84. The van der Waals surface area contributed by atoms with E-state index in [1.165, 1.54) is 19.3 Å². The van der Waals surface area contributed by atoms with Crippen molar-refractivity contribution in [2.45, 2.75) is 25.3 Å². The fourth-order valence-electron chi connectivity index (χ4n) is 2.58. The molecule has 1 N–H and O–H groups in total. The number of anilines is 1. The highest BCUT2D eigenvalue weighted by atomic mass is 35.5. The van der Waals surface area contributed by atoms with Crippen LogP contribution in [0, 0.1) is 11.8 Å². The summed E-state index contributed by atoms with van der Waals surface area (Å²) in [6.07, 6.45) is 5.82. The van der Waals surface area contributed by atoms with Crippen molar-refractivity contribution in [1.29, 1.82) is 0 Å². The summed E-state index contributed by atoms with van der Waals surface area (Å²) in [6.45, 7) is 0. The zero-order chi connectivity index (χ0) is 9.54. The van der Waals surface area contributed by atoms with Gasteiger partial charge in [0.2, 0.25) is 0 Å². The summed E-state index contributed by atoms with van der Waals surface area (Å²) in [4.78, 5) is 4.06. The summed E-state index contributed by atoms with van der Waals surface area (Å²) in [7, 11) is 0. The van der Waals surface area contributed by atoms with Crippen LogP contribution in [0.15, 0.2) is 18.3 Å². The quantitative estimate of drug-likeness (QED) is 0.756. The molecule has 1 heterocycles. The first kappa shape index (κ1) is 8.54. The van der Waals surface area contributed by atoms with Gasteiger partial charge in [0.05, 0.1) is 5.69 Å². The maximum absolute atomic E-state index is 5.99. The minimum Gasteiger partial charge on any atom is -0.380 e. The van der Waals surface area contributed by atoms with Gasteiger partial charge in [-0.3, -0.25) is 0 Å². The van der Waals surface area contributed by atoms with E-state index < -0.39 is 0 Å². The highest BCUT2D eigenvalue weighted by molar-refractivity contribution is 6.31. The molecule has 0 spiro atoms. The molecule has 1 aromatic rings. The number of aromatic nitrogens is 1. The van der Waals surface area contributed by atoms with Crippen molar-refractivity contribution in [2.75, 3.05) is 5.32 Å². The number of nitrogens with zero attached hydrogens (tertiary/aromatic N) is 1. The zero-order valence-corrected chi connectivity index (χ0v) is 8.67. The van der Waals surface area contributed by atoms with Crippen molar-refractivity contribution in [3.05, 3.63) is 23.5 Å². The van der Waals surface area contributed by atoms with Crippen LogP contribution in [0.2, 0.25) is 5.15 Å². The molecule has 0 radical (unpaired) electrons. The molecule has 1 aromatic heterocycles. The third-order valence-electron chi connectivity index (χ3n) is 3.44. The SMILES string of the molecule is Clc1ncccc1NC1CC[C@@H]2C[C@H]12. The van der Waals surface area contributed by atoms with E-state index in [2.05, 4.69) is 10.3 Å². The van der Waals surface area contributed by atoms with Crippen LogP contribution >= 0.6 is 11.6 Å². The van der Waals surface area contributed by atoms with Gasteiger partial charge in [0.1, 0.15) is 0 Å². The lowest BCUT2D eigenvalue weighted by Gasteiger charge is -2.15. The van der Waals surface area contributed by atoms with Crippen LogP contribution in [-0.2, 0) is 0 Å². The second-order valence-electron chi connectivity index (χ2n) is 4.33. The summed E-state index contributed by atoms with van der Waals surface area (Å²) < 4.78 is 0. The summed E-state index contributed by atoms with van der Waals surface area (Å²) in [5, 5.41) is 4.10.